The molecule has 4 bridgehead atoms. The third-order valence-corrected chi connectivity index (χ3v) is 6.80. The van der Waals surface area contributed by atoms with Gasteiger partial charge < -0.3 is 5.32 Å². The Morgan fingerprint density at radius 3 is 2.12 bits per heavy atom. The summed E-state index contributed by atoms with van der Waals surface area (Å²) in [6.45, 7) is 0. The number of aromatic nitrogens is 1. The van der Waals surface area contributed by atoms with Crippen LogP contribution >= 0.6 is 0 Å². The number of rotatable bonds is 4. The van der Waals surface area contributed by atoms with E-state index in [1.807, 2.05) is 18.5 Å². The molecule has 124 valence electrons. The molecule has 4 saturated carbocycles. The lowest BCUT2D eigenvalue weighted by atomic mass is 9.47. The number of hydrogen-bond acceptors (Lipinski definition) is 2. The maximum absolute atomic E-state index is 4.32. The fraction of sp³-hybridized carbons (Fsp3) is 0.500. The van der Waals surface area contributed by atoms with Gasteiger partial charge >= 0.3 is 0 Å². The van der Waals surface area contributed by atoms with Gasteiger partial charge in [0.25, 0.3) is 0 Å². The fourth-order valence-electron chi connectivity index (χ4n) is 6.38. The minimum Gasteiger partial charge on any atom is -0.376 e. The molecule has 0 spiro atoms. The van der Waals surface area contributed by atoms with Crippen LogP contribution < -0.4 is 5.32 Å². The minimum atomic E-state index is 0.413. The van der Waals surface area contributed by atoms with E-state index in [2.05, 4.69) is 46.7 Å². The van der Waals surface area contributed by atoms with Gasteiger partial charge in [0.05, 0.1) is 11.7 Å². The zero-order chi connectivity index (χ0) is 16.0. The van der Waals surface area contributed by atoms with Gasteiger partial charge in [0, 0.05) is 12.4 Å². The molecule has 4 aliphatic rings. The summed E-state index contributed by atoms with van der Waals surface area (Å²) in [6, 6.07) is 15.7. The van der Waals surface area contributed by atoms with Gasteiger partial charge in [-0.05, 0) is 79.4 Å². The Kier molecular flexibility index (Phi) is 3.39. The van der Waals surface area contributed by atoms with E-state index in [9.17, 15) is 0 Å². The Hall–Kier alpha value is -1.83. The molecule has 2 nitrogen and oxygen atoms in total. The second kappa shape index (κ2) is 5.61. The van der Waals surface area contributed by atoms with Crippen LogP contribution in [0.4, 0.5) is 5.69 Å². The number of pyridine rings is 1. The van der Waals surface area contributed by atoms with Crippen molar-refractivity contribution in [3.63, 3.8) is 0 Å². The second-order valence-electron chi connectivity index (χ2n) is 8.51. The van der Waals surface area contributed by atoms with Gasteiger partial charge in [-0.15, -0.1) is 0 Å². The highest BCUT2D eigenvalue weighted by atomic mass is 15.0. The SMILES string of the molecule is c1ccc(C(Nc2cccnc2)C23CC4CC(CC(C4)C2)C3)cc1. The van der Waals surface area contributed by atoms with Crippen molar-refractivity contribution in [1.82, 2.24) is 4.98 Å². The Morgan fingerprint density at radius 1 is 0.875 bits per heavy atom. The van der Waals surface area contributed by atoms with Crippen LogP contribution in [0.3, 0.4) is 0 Å². The van der Waals surface area contributed by atoms with Crippen molar-refractivity contribution < 1.29 is 0 Å². The summed E-state index contributed by atoms with van der Waals surface area (Å²) in [5.74, 6) is 2.91. The van der Waals surface area contributed by atoms with E-state index in [0.29, 0.717) is 11.5 Å². The van der Waals surface area contributed by atoms with Crippen LogP contribution in [0.15, 0.2) is 54.9 Å². The summed E-state index contributed by atoms with van der Waals surface area (Å²) >= 11 is 0. The van der Waals surface area contributed by atoms with Crippen LogP contribution in [0.5, 0.6) is 0 Å². The topological polar surface area (TPSA) is 24.9 Å². The molecular weight excluding hydrogens is 292 g/mol. The van der Waals surface area contributed by atoms with Crippen molar-refractivity contribution in [1.29, 1.82) is 0 Å². The number of benzene rings is 1. The molecule has 0 radical (unpaired) electrons. The van der Waals surface area contributed by atoms with Crippen molar-refractivity contribution in [2.45, 2.75) is 44.6 Å². The second-order valence-corrected chi connectivity index (χ2v) is 8.51. The van der Waals surface area contributed by atoms with E-state index in [1.165, 1.54) is 44.1 Å². The van der Waals surface area contributed by atoms with Gasteiger partial charge in [-0.25, -0.2) is 0 Å². The van der Waals surface area contributed by atoms with Crippen LogP contribution in [0.25, 0.3) is 0 Å². The van der Waals surface area contributed by atoms with Crippen LogP contribution in [0.1, 0.15) is 50.1 Å². The third-order valence-electron chi connectivity index (χ3n) is 6.80. The molecule has 1 unspecified atom stereocenters. The largest absolute Gasteiger partial charge is 0.376 e. The van der Waals surface area contributed by atoms with Gasteiger partial charge in [0.15, 0.2) is 0 Å². The van der Waals surface area contributed by atoms with Gasteiger partial charge in [0.1, 0.15) is 0 Å². The average molecular weight is 318 g/mol. The highest BCUT2D eigenvalue weighted by Gasteiger charge is 2.54. The van der Waals surface area contributed by atoms with Gasteiger partial charge in [0.2, 0.25) is 0 Å². The van der Waals surface area contributed by atoms with Crippen molar-refractivity contribution in [2.75, 3.05) is 5.32 Å². The molecule has 1 atom stereocenters. The zero-order valence-corrected chi connectivity index (χ0v) is 14.2. The van der Waals surface area contributed by atoms with E-state index in [0.717, 1.165) is 23.4 Å². The van der Waals surface area contributed by atoms with Gasteiger partial charge in [-0.3, -0.25) is 4.98 Å². The average Bonchev–Trinajstić information content (AvgIpc) is 2.60. The van der Waals surface area contributed by atoms with E-state index in [1.54, 1.807) is 0 Å². The molecule has 1 heterocycles. The Morgan fingerprint density at radius 2 is 1.54 bits per heavy atom. The summed E-state index contributed by atoms with van der Waals surface area (Å²) in [5.41, 5.74) is 3.04. The first kappa shape index (κ1) is 14.5. The molecule has 2 aromatic rings. The number of anilines is 1. The first-order chi connectivity index (χ1) is 11.8. The molecule has 2 heteroatoms. The lowest BCUT2D eigenvalue weighted by Crippen LogP contribution is -2.50. The molecule has 1 aromatic heterocycles. The normalized spacial score (nSPS) is 34.9. The van der Waals surface area contributed by atoms with Crippen LogP contribution in [0, 0.1) is 23.2 Å². The quantitative estimate of drug-likeness (QED) is 0.810. The minimum absolute atomic E-state index is 0.413. The molecule has 0 saturated heterocycles. The highest BCUT2D eigenvalue weighted by Crippen LogP contribution is 2.64. The van der Waals surface area contributed by atoms with Crippen LogP contribution in [-0.2, 0) is 0 Å². The molecule has 6 rings (SSSR count). The molecule has 1 N–H and O–H groups in total. The van der Waals surface area contributed by atoms with E-state index in [4.69, 9.17) is 0 Å². The van der Waals surface area contributed by atoms with Crippen molar-refractivity contribution in [2.24, 2.45) is 23.2 Å². The maximum Gasteiger partial charge on any atom is 0.0570 e. The summed E-state index contributed by atoms with van der Waals surface area (Å²) in [7, 11) is 0. The summed E-state index contributed by atoms with van der Waals surface area (Å²) in [5, 5.41) is 3.89. The molecule has 4 fully saturated rings. The highest BCUT2D eigenvalue weighted by molar-refractivity contribution is 5.44. The standard InChI is InChI=1S/C22H26N2/c1-2-5-19(6-3-1)21(24-20-7-4-8-23-15-20)22-12-16-9-17(13-22)11-18(10-16)14-22/h1-8,15-18,21,24H,9-14H2. The lowest BCUT2D eigenvalue weighted by molar-refractivity contribution is -0.0639. The monoisotopic (exact) mass is 318 g/mol. The van der Waals surface area contributed by atoms with Gasteiger partial charge in [-0.1, -0.05) is 30.3 Å². The Balaban J connectivity index is 1.54. The Bertz CT molecular complexity index is 659. The first-order valence-corrected chi connectivity index (χ1v) is 9.52. The smallest absolute Gasteiger partial charge is 0.0570 e. The van der Waals surface area contributed by atoms with Crippen molar-refractivity contribution in [3.05, 3.63) is 60.4 Å². The zero-order valence-electron chi connectivity index (χ0n) is 14.2. The van der Waals surface area contributed by atoms with Crippen molar-refractivity contribution >= 4 is 5.69 Å². The molecule has 24 heavy (non-hydrogen) atoms. The predicted molar refractivity (Wildman–Crippen MR) is 97.6 cm³/mol. The lowest BCUT2D eigenvalue weighted by Gasteiger charge is -2.59. The van der Waals surface area contributed by atoms with E-state index < -0.39 is 0 Å². The number of nitrogens with one attached hydrogen (secondary N) is 1. The van der Waals surface area contributed by atoms with Crippen LogP contribution in [-0.4, -0.2) is 4.98 Å². The summed E-state index contributed by atoms with van der Waals surface area (Å²) < 4.78 is 0. The predicted octanol–water partition coefficient (Wildman–Crippen LogP) is 5.45. The number of nitrogens with zero attached hydrogens (tertiary/aromatic N) is 1. The van der Waals surface area contributed by atoms with Gasteiger partial charge in [-0.2, -0.15) is 0 Å². The fourth-order valence-corrected chi connectivity index (χ4v) is 6.38. The van der Waals surface area contributed by atoms with Crippen molar-refractivity contribution in [3.8, 4) is 0 Å². The van der Waals surface area contributed by atoms with Crippen LogP contribution in [0.2, 0.25) is 0 Å². The van der Waals surface area contributed by atoms with E-state index >= 15 is 0 Å². The molecular formula is C22H26N2. The molecule has 4 aliphatic carbocycles. The third kappa shape index (κ3) is 2.44. The molecule has 0 aliphatic heterocycles. The Labute approximate surface area is 144 Å². The summed E-state index contributed by atoms with van der Waals surface area (Å²) in [4.78, 5) is 4.32. The maximum atomic E-state index is 4.32. The molecule has 0 amide bonds. The molecule has 1 aromatic carbocycles. The number of hydrogen-bond donors (Lipinski definition) is 1. The van der Waals surface area contributed by atoms with E-state index in [-0.39, 0.29) is 0 Å². The first-order valence-electron chi connectivity index (χ1n) is 9.52. The summed E-state index contributed by atoms with van der Waals surface area (Å²) in [6.07, 6.45) is 12.5.